The van der Waals surface area contributed by atoms with Crippen molar-refractivity contribution in [1.29, 1.82) is 0 Å². The molecular weight excluding hydrogens is 317 g/mol. The van der Waals surface area contributed by atoms with E-state index < -0.39 is 0 Å². The maximum absolute atomic E-state index is 12.7. The second-order valence-electron chi connectivity index (χ2n) is 4.62. The summed E-state index contributed by atoms with van der Waals surface area (Å²) in [7, 11) is 1.61. The van der Waals surface area contributed by atoms with E-state index in [0.717, 1.165) is 10.6 Å². The first kappa shape index (κ1) is 17.1. The third-order valence-electron chi connectivity index (χ3n) is 2.94. The molecule has 2 aromatic rings. The van der Waals surface area contributed by atoms with Gasteiger partial charge in [-0.1, -0.05) is 0 Å². The number of amides is 1. The Kier molecular flexibility index (Phi) is 6.75. The molecule has 0 atom stereocenters. The highest BCUT2D eigenvalue weighted by Crippen LogP contribution is 2.20. The van der Waals surface area contributed by atoms with Gasteiger partial charge in [0.15, 0.2) is 0 Å². The first-order chi connectivity index (χ1) is 11.2. The molecule has 1 amide bonds. The maximum atomic E-state index is 12.7. The minimum absolute atomic E-state index is 0.0616. The van der Waals surface area contributed by atoms with Crippen LogP contribution in [0.15, 0.2) is 53.4 Å². The van der Waals surface area contributed by atoms with E-state index in [2.05, 4.69) is 5.32 Å². The molecule has 2 aromatic carbocycles. The van der Waals surface area contributed by atoms with Gasteiger partial charge in [-0.05, 0) is 48.5 Å². The van der Waals surface area contributed by atoms with Crippen LogP contribution >= 0.6 is 11.8 Å². The molecule has 0 heterocycles. The number of hydrogen-bond acceptors (Lipinski definition) is 4. The van der Waals surface area contributed by atoms with Crippen LogP contribution in [0.2, 0.25) is 0 Å². The van der Waals surface area contributed by atoms with E-state index in [1.54, 1.807) is 19.2 Å². The molecule has 6 heteroatoms. The lowest BCUT2D eigenvalue weighted by atomic mass is 10.3. The SMILES string of the molecule is COc1ccc(SCC(=O)NCCOc2ccc(F)cc2)cc1. The average molecular weight is 335 g/mol. The molecule has 2 rings (SSSR count). The predicted molar refractivity (Wildman–Crippen MR) is 88.6 cm³/mol. The minimum atomic E-state index is -0.304. The smallest absolute Gasteiger partial charge is 0.230 e. The molecule has 0 aliphatic rings. The van der Waals surface area contributed by atoms with Gasteiger partial charge in [0.25, 0.3) is 0 Å². The van der Waals surface area contributed by atoms with Gasteiger partial charge in [0.1, 0.15) is 23.9 Å². The molecule has 1 N–H and O–H groups in total. The van der Waals surface area contributed by atoms with Crippen LogP contribution in [0.25, 0.3) is 0 Å². The van der Waals surface area contributed by atoms with Crippen LogP contribution in [0, 0.1) is 5.82 Å². The molecule has 0 bridgehead atoms. The third kappa shape index (κ3) is 6.20. The van der Waals surface area contributed by atoms with Crippen LogP contribution in [-0.2, 0) is 4.79 Å². The van der Waals surface area contributed by atoms with Gasteiger partial charge in [0.05, 0.1) is 19.4 Å². The number of halogens is 1. The largest absolute Gasteiger partial charge is 0.497 e. The first-order valence-corrected chi connectivity index (χ1v) is 8.08. The van der Waals surface area contributed by atoms with Crippen molar-refractivity contribution in [3.8, 4) is 11.5 Å². The van der Waals surface area contributed by atoms with Gasteiger partial charge in [0, 0.05) is 4.90 Å². The number of methoxy groups -OCH3 is 1. The van der Waals surface area contributed by atoms with E-state index in [4.69, 9.17) is 9.47 Å². The summed E-state index contributed by atoms with van der Waals surface area (Å²) in [4.78, 5) is 12.7. The highest BCUT2D eigenvalue weighted by atomic mass is 32.2. The molecule has 23 heavy (non-hydrogen) atoms. The van der Waals surface area contributed by atoms with Gasteiger partial charge in [-0.2, -0.15) is 0 Å². The number of nitrogens with one attached hydrogen (secondary N) is 1. The molecule has 4 nitrogen and oxygen atoms in total. The zero-order valence-corrected chi connectivity index (χ0v) is 13.6. The topological polar surface area (TPSA) is 47.6 Å². The van der Waals surface area contributed by atoms with Crippen molar-refractivity contribution in [3.63, 3.8) is 0 Å². The lowest BCUT2D eigenvalue weighted by Crippen LogP contribution is -2.29. The Labute approximate surface area is 139 Å². The number of ether oxygens (including phenoxy) is 2. The Morgan fingerprint density at radius 1 is 1.09 bits per heavy atom. The second kappa shape index (κ2) is 9.05. The Morgan fingerprint density at radius 3 is 2.39 bits per heavy atom. The summed E-state index contributed by atoms with van der Waals surface area (Å²) >= 11 is 1.45. The molecule has 0 saturated heterocycles. The van der Waals surface area contributed by atoms with Crippen LogP contribution in [0.1, 0.15) is 0 Å². The summed E-state index contributed by atoms with van der Waals surface area (Å²) in [5.74, 6) is 1.34. The highest BCUT2D eigenvalue weighted by molar-refractivity contribution is 8.00. The quantitative estimate of drug-likeness (QED) is 0.595. The summed E-state index contributed by atoms with van der Waals surface area (Å²) < 4.78 is 23.2. The fourth-order valence-electron chi connectivity index (χ4n) is 1.76. The molecule has 0 saturated carbocycles. The first-order valence-electron chi connectivity index (χ1n) is 7.09. The molecule has 0 aliphatic heterocycles. The molecule has 0 aromatic heterocycles. The number of carbonyl (C=O) groups is 1. The Bertz CT molecular complexity index is 617. The monoisotopic (exact) mass is 335 g/mol. The van der Waals surface area contributed by atoms with Crippen LogP contribution in [0.5, 0.6) is 11.5 Å². The number of thioether (sulfide) groups is 1. The summed E-state index contributed by atoms with van der Waals surface area (Å²) in [6.07, 6.45) is 0. The third-order valence-corrected chi connectivity index (χ3v) is 3.95. The fourth-order valence-corrected chi connectivity index (χ4v) is 2.49. The van der Waals surface area contributed by atoms with E-state index in [1.807, 2.05) is 24.3 Å². The van der Waals surface area contributed by atoms with Crippen molar-refractivity contribution in [1.82, 2.24) is 5.32 Å². The molecule has 0 spiro atoms. The van der Waals surface area contributed by atoms with E-state index in [1.165, 1.54) is 23.9 Å². The number of hydrogen-bond donors (Lipinski definition) is 1. The summed E-state index contributed by atoms with van der Waals surface area (Å²) in [5.41, 5.74) is 0. The van der Waals surface area contributed by atoms with Crippen molar-refractivity contribution in [2.75, 3.05) is 26.0 Å². The zero-order valence-electron chi connectivity index (χ0n) is 12.8. The lowest BCUT2D eigenvalue weighted by molar-refractivity contribution is -0.118. The normalized spacial score (nSPS) is 10.2. The van der Waals surface area contributed by atoms with Crippen LogP contribution in [-0.4, -0.2) is 31.9 Å². The second-order valence-corrected chi connectivity index (χ2v) is 5.67. The molecule has 0 fully saturated rings. The zero-order chi connectivity index (χ0) is 16.5. The van der Waals surface area contributed by atoms with Crippen LogP contribution in [0.4, 0.5) is 4.39 Å². The van der Waals surface area contributed by atoms with Crippen molar-refractivity contribution in [2.24, 2.45) is 0 Å². The number of rotatable bonds is 8. The lowest BCUT2D eigenvalue weighted by Gasteiger charge is -2.08. The van der Waals surface area contributed by atoms with Gasteiger partial charge < -0.3 is 14.8 Å². The van der Waals surface area contributed by atoms with Gasteiger partial charge in [0.2, 0.25) is 5.91 Å². The summed E-state index contributed by atoms with van der Waals surface area (Å²) in [6, 6.07) is 13.3. The molecule has 0 unspecified atom stereocenters. The number of benzene rings is 2. The Balaban J connectivity index is 1.62. The van der Waals surface area contributed by atoms with Gasteiger partial charge >= 0.3 is 0 Å². The Morgan fingerprint density at radius 2 is 1.74 bits per heavy atom. The fraction of sp³-hybridized carbons (Fsp3) is 0.235. The standard InChI is InChI=1S/C17H18FNO3S/c1-21-14-6-8-16(9-7-14)23-12-17(20)19-10-11-22-15-4-2-13(18)3-5-15/h2-9H,10-12H2,1H3,(H,19,20). The van der Waals surface area contributed by atoms with Gasteiger partial charge in [-0.3, -0.25) is 4.79 Å². The van der Waals surface area contributed by atoms with Crippen molar-refractivity contribution in [2.45, 2.75) is 4.90 Å². The van der Waals surface area contributed by atoms with E-state index in [9.17, 15) is 9.18 Å². The van der Waals surface area contributed by atoms with Gasteiger partial charge in [-0.25, -0.2) is 4.39 Å². The van der Waals surface area contributed by atoms with E-state index in [-0.39, 0.29) is 11.7 Å². The van der Waals surface area contributed by atoms with E-state index in [0.29, 0.717) is 24.7 Å². The predicted octanol–water partition coefficient (Wildman–Crippen LogP) is 3.12. The molecule has 0 radical (unpaired) electrons. The Hall–Kier alpha value is -2.21. The van der Waals surface area contributed by atoms with Crippen molar-refractivity contribution in [3.05, 3.63) is 54.3 Å². The van der Waals surface area contributed by atoms with Crippen LogP contribution in [0.3, 0.4) is 0 Å². The molecule has 122 valence electrons. The summed E-state index contributed by atoms with van der Waals surface area (Å²) in [6.45, 7) is 0.740. The minimum Gasteiger partial charge on any atom is -0.497 e. The number of carbonyl (C=O) groups excluding carboxylic acids is 1. The van der Waals surface area contributed by atoms with Crippen molar-refractivity contribution < 1.29 is 18.7 Å². The maximum Gasteiger partial charge on any atom is 0.230 e. The van der Waals surface area contributed by atoms with Crippen LogP contribution < -0.4 is 14.8 Å². The van der Waals surface area contributed by atoms with E-state index >= 15 is 0 Å². The highest BCUT2D eigenvalue weighted by Gasteiger charge is 2.03. The van der Waals surface area contributed by atoms with Gasteiger partial charge in [-0.15, -0.1) is 11.8 Å². The molecule has 0 aliphatic carbocycles. The van der Waals surface area contributed by atoms with Crippen molar-refractivity contribution >= 4 is 17.7 Å². The molecular formula is C17H18FNO3S. The summed E-state index contributed by atoms with van der Waals surface area (Å²) in [5, 5.41) is 2.77. The average Bonchev–Trinajstić information content (AvgIpc) is 2.59.